The summed E-state index contributed by atoms with van der Waals surface area (Å²) in [4.78, 5) is 0. The van der Waals surface area contributed by atoms with Gasteiger partial charge in [0, 0.05) is 0 Å². The Labute approximate surface area is 116 Å². The van der Waals surface area contributed by atoms with E-state index in [-0.39, 0.29) is 0 Å². The van der Waals surface area contributed by atoms with E-state index in [0.29, 0.717) is 5.41 Å². The van der Waals surface area contributed by atoms with Gasteiger partial charge in [-0.15, -0.1) is 0 Å². The van der Waals surface area contributed by atoms with E-state index in [1.165, 1.54) is 44.9 Å². The Morgan fingerprint density at radius 2 is 1.67 bits per heavy atom. The summed E-state index contributed by atoms with van der Waals surface area (Å²) in [6.45, 7) is 14.4. The number of rotatable bonds is 6. The molecule has 0 nitrogen and oxygen atoms in total. The quantitative estimate of drug-likeness (QED) is 0.486. The first-order valence-corrected chi connectivity index (χ1v) is 8.31. The summed E-state index contributed by atoms with van der Waals surface area (Å²) < 4.78 is 0. The smallest absolute Gasteiger partial charge is 0.0358 e. The van der Waals surface area contributed by atoms with Crippen molar-refractivity contribution in [3.63, 3.8) is 0 Å². The van der Waals surface area contributed by atoms with Gasteiger partial charge in [-0.2, -0.15) is 0 Å². The van der Waals surface area contributed by atoms with Crippen LogP contribution in [0, 0.1) is 29.1 Å². The molecule has 0 aromatic carbocycles. The predicted octanol–water partition coefficient (Wildman–Crippen LogP) is 6.30. The van der Waals surface area contributed by atoms with E-state index in [9.17, 15) is 0 Å². The molecule has 0 spiro atoms. The van der Waals surface area contributed by atoms with Crippen LogP contribution in [-0.2, 0) is 0 Å². The highest BCUT2D eigenvalue weighted by Gasteiger charge is 2.34. The van der Waals surface area contributed by atoms with Crippen molar-refractivity contribution in [1.29, 1.82) is 0 Å². The van der Waals surface area contributed by atoms with Crippen molar-refractivity contribution in [3.8, 4) is 0 Å². The molecule has 3 unspecified atom stereocenters. The lowest BCUT2D eigenvalue weighted by Gasteiger charge is -2.26. The van der Waals surface area contributed by atoms with E-state index in [0.717, 1.165) is 23.7 Å². The molecule has 0 heterocycles. The second-order valence-corrected chi connectivity index (χ2v) is 8.29. The second-order valence-electron chi connectivity index (χ2n) is 8.29. The van der Waals surface area contributed by atoms with E-state index in [4.69, 9.17) is 0 Å². The normalized spacial score (nSPS) is 29.2. The fourth-order valence-electron chi connectivity index (χ4n) is 3.84. The van der Waals surface area contributed by atoms with Gasteiger partial charge in [0.05, 0.1) is 0 Å². The summed E-state index contributed by atoms with van der Waals surface area (Å²) in [5.74, 6) is 3.93. The van der Waals surface area contributed by atoms with Gasteiger partial charge in [-0.25, -0.2) is 0 Å². The molecular formula is C18H36. The van der Waals surface area contributed by atoms with Crippen molar-refractivity contribution >= 4 is 0 Å². The minimum absolute atomic E-state index is 0.529. The van der Waals surface area contributed by atoms with Gasteiger partial charge < -0.3 is 0 Å². The zero-order valence-electron chi connectivity index (χ0n) is 13.8. The van der Waals surface area contributed by atoms with Gasteiger partial charge in [-0.05, 0) is 48.3 Å². The van der Waals surface area contributed by atoms with Crippen LogP contribution in [0.4, 0.5) is 0 Å². The summed E-state index contributed by atoms with van der Waals surface area (Å²) in [6.07, 6.45) is 10.2. The maximum Gasteiger partial charge on any atom is -0.0358 e. The molecule has 0 amide bonds. The molecular weight excluding hydrogens is 216 g/mol. The third-order valence-electron chi connectivity index (χ3n) is 5.06. The summed E-state index contributed by atoms with van der Waals surface area (Å²) in [6, 6.07) is 0. The van der Waals surface area contributed by atoms with Crippen LogP contribution < -0.4 is 0 Å². The molecule has 0 saturated heterocycles. The van der Waals surface area contributed by atoms with Crippen LogP contribution in [0.25, 0.3) is 0 Å². The largest absolute Gasteiger partial charge is 0.0625 e. The molecule has 1 aliphatic carbocycles. The molecule has 3 atom stereocenters. The summed E-state index contributed by atoms with van der Waals surface area (Å²) in [5.41, 5.74) is 0.529. The maximum absolute atomic E-state index is 2.49. The first-order valence-electron chi connectivity index (χ1n) is 8.31. The minimum Gasteiger partial charge on any atom is -0.0625 e. The first kappa shape index (κ1) is 16.1. The zero-order chi connectivity index (χ0) is 13.8. The number of hydrogen-bond acceptors (Lipinski definition) is 0. The Bertz CT molecular complexity index is 221. The molecule has 18 heavy (non-hydrogen) atoms. The third kappa shape index (κ3) is 5.33. The molecule has 0 aliphatic heterocycles. The Balaban J connectivity index is 2.21. The minimum atomic E-state index is 0.529. The Morgan fingerprint density at radius 1 is 1.00 bits per heavy atom. The van der Waals surface area contributed by atoms with Crippen LogP contribution in [0.2, 0.25) is 0 Å². The molecule has 0 aromatic rings. The highest BCUT2D eigenvalue weighted by atomic mass is 14.4. The molecule has 1 aliphatic rings. The highest BCUT2D eigenvalue weighted by Crippen LogP contribution is 2.43. The van der Waals surface area contributed by atoms with E-state index < -0.39 is 0 Å². The standard InChI is InChI=1S/C18H36/c1-14(2)16-12-11-15(3)17(16)10-8-7-9-13-18(4,5)6/h14-17H,7-13H2,1-6H3. The molecule has 1 rings (SSSR count). The monoisotopic (exact) mass is 252 g/mol. The van der Waals surface area contributed by atoms with Gasteiger partial charge in [-0.1, -0.05) is 67.2 Å². The molecule has 0 aromatic heterocycles. The van der Waals surface area contributed by atoms with Crippen molar-refractivity contribution < 1.29 is 0 Å². The maximum atomic E-state index is 2.49. The van der Waals surface area contributed by atoms with Crippen LogP contribution in [0.5, 0.6) is 0 Å². The van der Waals surface area contributed by atoms with Crippen LogP contribution in [0.15, 0.2) is 0 Å². The Kier molecular flexibility index (Phi) is 6.21. The summed E-state index contributed by atoms with van der Waals surface area (Å²) in [7, 11) is 0. The predicted molar refractivity (Wildman–Crippen MR) is 82.8 cm³/mol. The lowest BCUT2D eigenvalue weighted by molar-refractivity contribution is 0.238. The second kappa shape index (κ2) is 6.96. The topological polar surface area (TPSA) is 0 Å². The van der Waals surface area contributed by atoms with Gasteiger partial charge >= 0.3 is 0 Å². The molecule has 1 fully saturated rings. The van der Waals surface area contributed by atoms with Gasteiger partial charge in [-0.3, -0.25) is 0 Å². The molecule has 0 bridgehead atoms. The van der Waals surface area contributed by atoms with Gasteiger partial charge in [0.25, 0.3) is 0 Å². The van der Waals surface area contributed by atoms with Crippen LogP contribution in [0.1, 0.15) is 86.5 Å². The summed E-state index contributed by atoms with van der Waals surface area (Å²) >= 11 is 0. The van der Waals surface area contributed by atoms with Crippen molar-refractivity contribution in [2.24, 2.45) is 29.1 Å². The van der Waals surface area contributed by atoms with Gasteiger partial charge in [0.15, 0.2) is 0 Å². The molecule has 0 heteroatoms. The van der Waals surface area contributed by atoms with Crippen molar-refractivity contribution in [2.45, 2.75) is 86.5 Å². The van der Waals surface area contributed by atoms with Crippen LogP contribution >= 0.6 is 0 Å². The third-order valence-corrected chi connectivity index (χ3v) is 5.06. The average molecular weight is 252 g/mol. The zero-order valence-corrected chi connectivity index (χ0v) is 13.8. The SMILES string of the molecule is CC(C)C1CCC(C)C1CCCCCC(C)(C)C. The highest BCUT2D eigenvalue weighted by molar-refractivity contribution is 4.84. The number of hydrogen-bond donors (Lipinski definition) is 0. The van der Waals surface area contributed by atoms with E-state index >= 15 is 0 Å². The van der Waals surface area contributed by atoms with Crippen molar-refractivity contribution in [3.05, 3.63) is 0 Å². The molecule has 0 N–H and O–H groups in total. The molecule has 0 radical (unpaired) electrons. The summed E-state index contributed by atoms with van der Waals surface area (Å²) in [5, 5.41) is 0. The number of unbranched alkanes of at least 4 members (excludes halogenated alkanes) is 2. The fraction of sp³-hybridized carbons (Fsp3) is 1.00. The van der Waals surface area contributed by atoms with Crippen molar-refractivity contribution in [1.82, 2.24) is 0 Å². The first-order chi connectivity index (χ1) is 8.31. The Hall–Kier alpha value is 0. The van der Waals surface area contributed by atoms with Crippen LogP contribution in [0.3, 0.4) is 0 Å². The van der Waals surface area contributed by atoms with Gasteiger partial charge in [0.1, 0.15) is 0 Å². The van der Waals surface area contributed by atoms with Crippen LogP contribution in [-0.4, -0.2) is 0 Å². The fourth-order valence-corrected chi connectivity index (χ4v) is 3.84. The van der Waals surface area contributed by atoms with E-state index in [1.54, 1.807) is 0 Å². The van der Waals surface area contributed by atoms with E-state index in [2.05, 4.69) is 41.5 Å². The average Bonchev–Trinajstić information content (AvgIpc) is 2.58. The molecule has 1 saturated carbocycles. The van der Waals surface area contributed by atoms with E-state index in [1.807, 2.05) is 0 Å². The Morgan fingerprint density at radius 3 is 2.22 bits per heavy atom. The van der Waals surface area contributed by atoms with Gasteiger partial charge in [0.2, 0.25) is 0 Å². The van der Waals surface area contributed by atoms with Crippen molar-refractivity contribution in [2.75, 3.05) is 0 Å². The lowest BCUT2D eigenvalue weighted by Crippen LogP contribution is -2.18. The lowest BCUT2D eigenvalue weighted by atomic mass is 9.80. The molecule has 108 valence electrons.